The maximum Gasteiger partial charge on any atom is 0.309 e. The van der Waals surface area contributed by atoms with E-state index in [1.54, 1.807) is 6.92 Å². The van der Waals surface area contributed by atoms with Crippen LogP contribution in [-0.4, -0.2) is 48.7 Å². The van der Waals surface area contributed by atoms with Gasteiger partial charge in [0, 0.05) is 18.7 Å². The molecule has 1 unspecified atom stereocenters. The van der Waals surface area contributed by atoms with Crippen molar-refractivity contribution >= 4 is 17.8 Å². The zero-order valence-electron chi connectivity index (χ0n) is 27.0. The fraction of sp³-hybridized carbons (Fsp3) is 0.750. The van der Waals surface area contributed by atoms with Crippen LogP contribution in [0.2, 0.25) is 0 Å². The van der Waals surface area contributed by atoms with Crippen molar-refractivity contribution in [2.24, 2.45) is 40.9 Å². The number of amides is 2. The molecule has 9 heteroatoms. The number of hydrogen-bond acceptors (Lipinski definition) is 5. The van der Waals surface area contributed by atoms with Gasteiger partial charge in [0.05, 0.1) is 30.1 Å². The molecular formula is C36H51FN2O6. The van der Waals surface area contributed by atoms with E-state index in [-0.39, 0.29) is 52.9 Å². The van der Waals surface area contributed by atoms with E-state index in [1.807, 2.05) is 0 Å². The van der Waals surface area contributed by atoms with Gasteiger partial charge in [-0.2, -0.15) is 0 Å². The van der Waals surface area contributed by atoms with E-state index in [4.69, 9.17) is 9.47 Å². The van der Waals surface area contributed by atoms with Gasteiger partial charge in [-0.15, -0.1) is 0 Å². The summed E-state index contributed by atoms with van der Waals surface area (Å²) in [7, 11) is 1.40. The summed E-state index contributed by atoms with van der Waals surface area (Å²) in [6.45, 7) is 2.46. The molecular weight excluding hydrogens is 575 g/mol. The third kappa shape index (κ3) is 7.12. The van der Waals surface area contributed by atoms with Gasteiger partial charge in [0.25, 0.3) is 5.91 Å². The lowest BCUT2D eigenvalue weighted by Crippen LogP contribution is -2.50. The predicted octanol–water partition coefficient (Wildman–Crippen LogP) is 6.50. The quantitative estimate of drug-likeness (QED) is 0.244. The molecule has 248 valence electrons. The second-order valence-electron chi connectivity index (χ2n) is 15.1. The molecule has 5 fully saturated rings. The normalized spacial score (nSPS) is 32.1. The summed E-state index contributed by atoms with van der Waals surface area (Å²) >= 11 is 0. The molecule has 5 saturated carbocycles. The van der Waals surface area contributed by atoms with E-state index in [0.29, 0.717) is 31.6 Å². The molecule has 5 aliphatic carbocycles. The number of carbonyl (C=O) groups excluding carboxylic acids is 2. The molecule has 5 aliphatic rings. The van der Waals surface area contributed by atoms with E-state index in [2.05, 4.69) is 10.6 Å². The molecule has 45 heavy (non-hydrogen) atoms. The molecule has 8 nitrogen and oxygen atoms in total. The van der Waals surface area contributed by atoms with Crippen molar-refractivity contribution < 1.29 is 33.4 Å². The van der Waals surface area contributed by atoms with Crippen molar-refractivity contribution in [3.05, 3.63) is 23.5 Å². The Kier molecular flexibility index (Phi) is 9.62. The van der Waals surface area contributed by atoms with Crippen LogP contribution in [0.15, 0.2) is 12.1 Å². The highest BCUT2D eigenvalue weighted by atomic mass is 19.1. The molecule has 2 bridgehead atoms. The first-order chi connectivity index (χ1) is 21.6. The molecule has 1 aromatic carbocycles. The van der Waals surface area contributed by atoms with Crippen molar-refractivity contribution in [3.8, 4) is 11.5 Å². The fourth-order valence-corrected chi connectivity index (χ4v) is 9.03. The molecule has 1 aromatic rings. The smallest absolute Gasteiger partial charge is 0.309 e. The Morgan fingerprint density at radius 2 is 1.69 bits per heavy atom. The van der Waals surface area contributed by atoms with Crippen LogP contribution in [0, 0.1) is 46.7 Å². The van der Waals surface area contributed by atoms with Gasteiger partial charge in [-0.3, -0.25) is 14.4 Å². The van der Waals surface area contributed by atoms with Gasteiger partial charge in [-0.25, -0.2) is 4.39 Å². The minimum atomic E-state index is -0.828. The number of hydrogen-bond donors (Lipinski definition) is 3. The zero-order valence-corrected chi connectivity index (χ0v) is 27.0. The Balaban J connectivity index is 1.11. The second-order valence-corrected chi connectivity index (χ2v) is 15.1. The summed E-state index contributed by atoms with van der Waals surface area (Å²) in [5.41, 5.74) is -0.635. The molecule has 0 spiro atoms. The molecule has 6 rings (SSSR count). The minimum Gasteiger partial charge on any atom is -0.496 e. The number of aliphatic carboxylic acids is 1. The number of carboxylic acids is 1. The van der Waals surface area contributed by atoms with Gasteiger partial charge >= 0.3 is 5.97 Å². The van der Waals surface area contributed by atoms with E-state index < -0.39 is 23.1 Å². The van der Waals surface area contributed by atoms with Gasteiger partial charge in [0.2, 0.25) is 5.91 Å². The molecule has 0 aliphatic heterocycles. The highest BCUT2D eigenvalue weighted by Gasteiger charge is 2.51. The fourth-order valence-electron chi connectivity index (χ4n) is 9.03. The Morgan fingerprint density at radius 1 is 0.978 bits per heavy atom. The Bertz CT molecular complexity index is 1250. The standard InChI is InChI=1S/C36H51FN2O6/c1-36(35(42)43)14-12-26(13-15-36)45-30-18-27(29(44-2)19-28(30)37)33(40)39-32-24-11-10-23(17-24)31(32)34(41)38-20-25(22-8-9-22)16-21-6-4-3-5-7-21/h18-19,21-26,31-32H,3-17,20H2,1-2H3,(H,38,41)(H,39,40)(H,42,43)/t23-,24+,25?,26?,31+,32-,36?/m1/s1. The van der Waals surface area contributed by atoms with Gasteiger partial charge < -0.3 is 25.2 Å². The monoisotopic (exact) mass is 626 g/mol. The topological polar surface area (TPSA) is 114 Å². The first kappa shape index (κ1) is 32.1. The number of methoxy groups -OCH3 is 1. The number of carboxylic acid groups (broad SMARTS) is 1. The number of benzene rings is 1. The van der Waals surface area contributed by atoms with Gasteiger partial charge in [0.15, 0.2) is 11.6 Å². The van der Waals surface area contributed by atoms with Gasteiger partial charge in [-0.05, 0) is 107 Å². The molecule has 2 amide bonds. The lowest BCUT2D eigenvalue weighted by molar-refractivity contribution is -0.150. The number of rotatable bonds is 12. The van der Waals surface area contributed by atoms with E-state index in [0.717, 1.165) is 37.6 Å². The van der Waals surface area contributed by atoms with Crippen LogP contribution in [0.5, 0.6) is 11.5 Å². The predicted molar refractivity (Wildman–Crippen MR) is 168 cm³/mol. The molecule has 0 radical (unpaired) electrons. The lowest BCUT2D eigenvalue weighted by Gasteiger charge is -2.34. The number of fused-ring (bicyclic) bond motifs is 2. The molecule has 5 atom stereocenters. The molecule has 0 heterocycles. The summed E-state index contributed by atoms with van der Waals surface area (Å²) in [6, 6.07) is 2.28. The summed E-state index contributed by atoms with van der Waals surface area (Å²) in [5, 5.41) is 16.0. The Labute approximate surface area is 266 Å². The second kappa shape index (κ2) is 13.5. The van der Waals surface area contributed by atoms with Crippen molar-refractivity contribution in [1.82, 2.24) is 10.6 Å². The van der Waals surface area contributed by atoms with E-state index in [1.165, 1.54) is 70.6 Å². The third-order valence-electron chi connectivity index (χ3n) is 12.0. The number of nitrogens with one attached hydrogen (secondary N) is 2. The summed E-state index contributed by atoms with van der Waals surface area (Å²) in [5.74, 6) is 0.566. The average Bonchev–Trinajstić information content (AvgIpc) is 3.69. The van der Waals surface area contributed by atoms with E-state index in [9.17, 15) is 19.5 Å². The molecule has 0 saturated heterocycles. The van der Waals surface area contributed by atoms with Crippen LogP contribution in [0.3, 0.4) is 0 Å². The molecule has 0 aromatic heterocycles. The van der Waals surface area contributed by atoms with Crippen LogP contribution < -0.4 is 20.1 Å². The highest BCUT2D eigenvalue weighted by Crippen LogP contribution is 2.49. The van der Waals surface area contributed by atoms with Crippen molar-refractivity contribution in [2.45, 2.75) is 115 Å². The van der Waals surface area contributed by atoms with E-state index >= 15 is 4.39 Å². The minimum absolute atomic E-state index is 0.0452. The van der Waals surface area contributed by atoms with Gasteiger partial charge in [0.1, 0.15) is 5.75 Å². The van der Waals surface area contributed by atoms with Crippen LogP contribution in [0.1, 0.15) is 114 Å². The van der Waals surface area contributed by atoms with Crippen molar-refractivity contribution in [1.29, 1.82) is 0 Å². The maximum absolute atomic E-state index is 15.1. The Morgan fingerprint density at radius 3 is 2.36 bits per heavy atom. The highest BCUT2D eigenvalue weighted by molar-refractivity contribution is 5.98. The zero-order chi connectivity index (χ0) is 31.7. The number of ether oxygens (including phenoxy) is 2. The third-order valence-corrected chi connectivity index (χ3v) is 12.0. The summed E-state index contributed by atoms with van der Waals surface area (Å²) < 4.78 is 26.5. The van der Waals surface area contributed by atoms with Crippen LogP contribution in [0.25, 0.3) is 0 Å². The average molecular weight is 627 g/mol. The maximum atomic E-state index is 15.1. The van der Waals surface area contributed by atoms with Crippen LogP contribution in [0.4, 0.5) is 4.39 Å². The summed E-state index contributed by atoms with van der Waals surface area (Å²) in [6.07, 6.45) is 14.9. The van der Waals surface area contributed by atoms with Crippen LogP contribution in [-0.2, 0) is 9.59 Å². The molecule has 3 N–H and O–H groups in total. The number of halogens is 1. The van der Waals surface area contributed by atoms with Crippen molar-refractivity contribution in [3.63, 3.8) is 0 Å². The first-order valence-corrected chi connectivity index (χ1v) is 17.5. The van der Waals surface area contributed by atoms with Crippen molar-refractivity contribution in [2.75, 3.05) is 13.7 Å². The Hall–Kier alpha value is -2.84. The van der Waals surface area contributed by atoms with Gasteiger partial charge in [-0.1, -0.05) is 32.1 Å². The largest absolute Gasteiger partial charge is 0.496 e. The first-order valence-electron chi connectivity index (χ1n) is 17.5. The summed E-state index contributed by atoms with van der Waals surface area (Å²) in [4.78, 5) is 39.1. The lowest BCUT2D eigenvalue weighted by atomic mass is 9.75. The SMILES string of the molecule is COc1cc(F)c(OC2CCC(C)(C(=O)O)CC2)cc1C(=O)N[C@@H]1[C@H]2CC[C@H](C2)[C@@H]1C(=O)NCC(CC1CCCCC1)C1CC1. The number of carbonyl (C=O) groups is 3. The van der Waals surface area contributed by atoms with Crippen LogP contribution >= 0.6 is 0 Å².